The van der Waals surface area contributed by atoms with Crippen molar-refractivity contribution >= 4 is 22.9 Å². The molecule has 8 heteroatoms. The van der Waals surface area contributed by atoms with Gasteiger partial charge in [-0.05, 0) is 56.4 Å². The first-order chi connectivity index (χ1) is 14.7. The second kappa shape index (κ2) is 9.77. The summed E-state index contributed by atoms with van der Waals surface area (Å²) in [5.41, 5.74) is 8.41. The molecule has 30 heavy (non-hydrogen) atoms. The van der Waals surface area contributed by atoms with E-state index in [2.05, 4.69) is 19.9 Å². The van der Waals surface area contributed by atoms with Crippen LogP contribution in [0.15, 0.2) is 53.2 Å². The van der Waals surface area contributed by atoms with Gasteiger partial charge in [-0.3, -0.25) is 14.8 Å². The lowest BCUT2D eigenvalue weighted by atomic mass is 10.0. The standard InChI is InChI=1S/C22H25N5O2S/c23-21(28)16-6-8-17(9-7-16)26-22-27(12-3-5-18-4-1-2-13-29-18)20(15-30-22)19-14-24-10-11-25-19/h6-11,14-15,18H,1-5,12-13H2,(H2,23,28). The lowest BCUT2D eigenvalue weighted by Crippen LogP contribution is -2.21. The van der Waals surface area contributed by atoms with Crippen LogP contribution in [0.4, 0.5) is 5.69 Å². The number of hydrogen-bond donors (Lipinski definition) is 1. The van der Waals surface area contributed by atoms with Gasteiger partial charge in [0.2, 0.25) is 5.91 Å². The topological polar surface area (TPSA) is 95.4 Å². The second-order valence-corrected chi connectivity index (χ2v) is 8.14. The summed E-state index contributed by atoms with van der Waals surface area (Å²) in [6.45, 7) is 1.70. The second-order valence-electron chi connectivity index (χ2n) is 7.30. The molecule has 0 saturated carbocycles. The van der Waals surface area contributed by atoms with E-state index in [0.29, 0.717) is 11.7 Å². The van der Waals surface area contributed by atoms with Crippen LogP contribution in [0, 0.1) is 0 Å². The average molecular weight is 424 g/mol. The number of benzene rings is 1. The first-order valence-electron chi connectivity index (χ1n) is 10.2. The highest BCUT2D eigenvalue weighted by Crippen LogP contribution is 2.21. The molecular weight excluding hydrogens is 398 g/mol. The molecule has 2 N–H and O–H groups in total. The van der Waals surface area contributed by atoms with Gasteiger partial charge >= 0.3 is 0 Å². The molecule has 0 radical (unpaired) electrons. The summed E-state index contributed by atoms with van der Waals surface area (Å²) in [4.78, 5) is 25.7. The zero-order valence-electron chi connectivity index (χ0n) is 16.7. The number of aromatic nitrogens is 3. The van der Waals surface area contributed by atoms with Gasteiger partial charge in [0.1, 0.15) is 5.69 Å². The Labute approximate surface area is 179 Å². The van der Waals surface area contributed by atoms with Gasteiger partial charge < -0.3 is 15.0 Å². The van der Waals surface area contributed by atoms with Crippen LogP contribution in [0.1, 0.15) is 42.5 Å². The molecule has 156 valence electrons. The molecule has 1 aliphatic heterocycles. The molecular formula is C22H25N5O2S. The van der Waals surface area contributed by atoms with E-state index in [1.807, 2.05) is 12.1 Å². The molecule has 7 nitrogen and oxygen atoms in total. The highest BCUT2D eigenvalue weighted by Gasteiger charge is 2.15. The molecule has 3 aromatic rings. The van der Waals surface area contributed by atoms with E-state index in [1.54, 1.807) is 42.1 Å². The van der Waals surface area contributed by atoms with Crippen LogP contribution in [0.25, 0.3) is 11.4 Å². The van der Waals surface area contributed by atoms with E-state index < -0.39 is 5.91 Å². The molecule has 0 aliphatic carbocycles. The normalized spacial score (nSPS) is 17.2. The molecule has 2 aromatic heterocycles. The minimum atomic E-state index is -0.442. The van der Waals surface area contributed by atoms with Crippen LogP contribution in [0.2, 0.25) is 0 Å². The lowest BCUT2D eigenvalue weighted by Gasteiger charge is -2.22. The highest BCUT2D eigenvalue weighted by atomic mass is 32.1. The molecule has 1 unspecified atom stereocenters. The van der Waals surface area contributed by atoms with Crippen LogP contribution in [-0.4, -0.2) is 33.2 Å². The molecule has 3 heterocycles. The number of amides is 1. The van der Waals surface area contributed by atoms with E-state index in [4.69, 9.17) is 15.5 Å². The maximum Gasteiger partial charge on any atom is 0.248 e. The van der Waals surface area contributed by atoms with Crippen molar-refractivity contribution in [1.29, 1.82) is 0 Å². The van der Waals surface area contributed by atoms with Gasteiger partial charge in [0.05, 0.1) is 23.7 Å². The minimum absolute atomic E-state index is 0.361. The third kappa shape index (κ3) is 5.01. The van der Waals surface area contributed by atoms with Crippen molar-refractivity contribution in [1.82, 2.24) is 14.5 Å². The number of nitrogens with zero attached hydrogens (tertiary/aromatic N) is 4. The molecule has 0 bridgehead atoms. The van der Waals surface area contributed by atoms with Gasteiger partial charge in [0, 0.05) is 36.5 Å². The zero-order valence-corrected chi connectivity index (χ0v) is 17.6. The third-order valence-corrected chi connectivity index (χ3v) is 6.05. The summed E-state index contributed by atoms with van der Waals surface area (Å²) >= 11 is 1.57. The number of primary amides is 1. The van der Waals surface area contributed by atoms with E-state index >= 15 is 0 Å². The number of carbonyl (C=O) groups excluding carboxylic acids is 1. The Balaban J connectivity index is 1.60. The molecule has 1 aliphatic rings. The Hall–Kier alpha value is -2.84. The quantitative estimate of drug-likeness (QED) is 0.627. The molecule has 1 aromatic carbocycles. The molecule has 0 spiro atoms. The molecule has 1 fully saturated rings. The fourth-order valence-electron chi connectivity index (χ4n) is 3.59. The fraction of sp³-hybridized carbons (Fsp3) is 0.364. The maximum absolute atomic E-state index is 11.3. The van der Waals surface area contributed by atoms with Gasteiger partial charge in [-0.25, -0.2) is 4.99 Å². The summed E-state index contributed by atoms with van der Waals surface area (Å²) in [6.07, 6.45) is 11.1. The van der Waals surface area contributed by atoms with E-state index in [9.17, 15) is 4.79 Å². The Bertz CT molecular complexity index is 1040. The van der Waals surface area contributed by atoms with Crippen LogP contribution in [0.5, 0.6) is 0 Å². The molecule has 4 rings (SSSR count). The van der Waals surface area contributed by atoms with Gasteiger partial charge in [0.25, 0.3) is 0 Å². The van der Waals surface area contributed by atoms with E-state index in [1.165, 1.54) is 12.8 Å². The van der Waals surface area contributed by atoms with Crippen molar-refractivity contribution in [2.45, 2.75) is 44.8 Å². The summed E-state index contributed by atoms with van der Waals surface area (Å²) in [5, 5.41) is 2.07. The van der Waals surface area contributed by atoms with Crippen molar-refractivity contribution in [3.63, 3.8) is 0 Å². The number of carbonyl (C=O) groups is 1. The van der Waals surface area contributed by atoms with Crippen molar-refractivity contribution in [3.8, 4) is 11.4 Å². The van der Waals surface area contributed by atoms with Crippen molar-refractivity contribution in [3.05, 3.63) is 58.6 Å². The van der Waals surface area contributed by atoms with Gasteiger partial charge in [0.15, 0.2) is 4.80 Å². The van der Waals surface area contributed by atoms with Crippen LogP contribution < -0.4 is 10.5 Å². The van der Waals surface area contributed by atoms with Crippen molar-refractivity contribution in [2.75, 3.05) is 6.61 Å². The third-order valence-electron chi connectivity index (χ3n) is 5.18. The van der Waals surface area contributed by atoms with Crippen molar-refractivity contribution < 1.29 is 9.53 Å². The minimum Gasteiger partial charge on any atom is -0.378 e. The Morgan fingerprint density at radius 2 is 2.13 bits per heavy atom. The Kier molecular flexibility index (Phi) is 6.66. The number of thiazole rings is 1. The maximum atomic E-state index is 11.3. The highest BCUT2D eigenvalue weighted by molar-refractivity contribution is 7.07. The fourth-order valence-corrected chi connectivity index (χ4v) is 4.53. The summed E-state index contributed by atoms with van der Waals surface area (Å²) in [5.74, 6) is -0.442. The zero-order chi connectivity index (χ0) is 20.8. The summed E-state index contributed by atoms with van der Waals surface area (Å²) in [7, 11) is 0. The molecule has 1 atom stereocenters. The van der Waals surface area contributed by atoms with Gasteiger partial charge in [-0.1, -0.05) is 0 Å². The monoisotopic (exact) mass is 423 g/mol. The number of hydrogen-bond acceptors (Lipinski definition) is 6. The largest absolute Gasteiger partial charge is 0.378 e. The van der Waals surface area contributed by atoms with Crippen LogP contribution in [-0.2, 0) is 11.3 Å². The Morgan fingerprint density at radius 1 is 1.27 bits per heavy atom. The van der Waals surface area contributed by atoms with Gasteiger partial charge in [-0.15, -0.1) is 11.3 Å². The van der Waals surface area contributed by atoms with Crippen LogP contribution >= 0.6 is 11.3 Å². The lowest BCUT2D eigenvalue weighted by molar-refractivity contribution is 0.00951. The number of rotatable bonds is 7. The molecule has 1 amide bonds. The summed E-state index contributed by atoms with van der Waals surface area (Å²) in [6, 6.07) is 7.01. The van der Waals surface area contributed by atoms with Crippen LogP contribution in [0.3, 0.4) is 0 Å². The first kappa shape index (κ1) is 20.4. The number of nitrogens with two attached hydrogens (primary N) is 1. The van der Waals surface area contributed by atoms with E-state index in [-0.39, 0.29) is 0 Å². The number of ether oxygens (including phenoxy) is 1. The Morgan fingerprint density at radius 3 is 2.83 bits per heavy atom. The first-order valence-corrected chi connectivity index (χ1v) is 11.1. The van der Waals surface area contributed by atoms with Gasteiger partial charge in [-0.2, -0.15) is 0 Å². The predicted molar refractivity (Wildman–Crippen MR) is 116 cm³/mol. The SMILES string of the molecule is NC(=O)c1ccc(N=c2scc(-c3cnccn3)n2CCCC2CCCCO2)cc1. The smallest absolute Gasteiger partial charge is 0.248 e. The van der Waals surface area contributed by atoms with Crippen molar-refractivity contribution in [2.24, 2.45) is 10.7 Å². The average Bonchev–Trinajstić information content (AvgIpc) is 3.18. The van der Waals surface area contributed by atoms with E-state index in [0.717, 1.165) is 54.3 Å². The summed E-state index contributed by atoms with van der Waals surface area (Å²) < 4.78 is 8.07. The molecule has 1 saturated heterocycles. The predicted octanol–water partition coefficient (Wildman–Crippen LogP) is 3.69.